The molecule has 0 bridgehead atoms. The highest BCUT2D eigenvalue weighted by molar-refractivity contribution is 5.59. The van der Waals surface area contributed by atoms with Crippen molar-refractivity contribution in [2.45, 2.75) is 31.0 Å². The Balaban J connectivity index is 1.42. The lowest BCUT2D eigenvalue weighted by Gasteiger charge is -2.39. The molecule has 2 heterocycles. The number of fused-ring (bicyclic) bond motifs is 2. The zero-order valence-corrected chi connectivity index (χ0v) is 16.8. The second-order valence-electron chi connectivity index (χ2n) is 7.76. The van der Waals surface area contributed by atoms with Crippen LogP contribution in [0.5, 0.6) is 0 Å². The Morgan fingerprint density at radius 2 is 1.86 bits per heavy atom. The number of benzene rings is 2. The highest BCUT2D eigenvalue weighted by atomic mass is 16.5. The molecular weight excluding hydrogens is 358 g/mol. The molecule has 0 saturated carbocycles. The first-order valence-corrected chi connectivity index (χ1v) is 10.3. The molecule has 1 spiro atoms. The van der Waals surface area contributed by atoms with Crippen LogP contribution in [0.3, 0.4) is 0 Å². The van der Waals surface area contributed by atoms with E-state index in [-0.39, 0.29) is 11.7 Å². The van der Waals surface area contributed by atoms with Gasteiger partial charge in [-0.2, -0.15) is 0 Å². The SMILES string of the molecule is C=C/C(N)=C\C/C=N\CN1CCC2(CC1)OC(c1ccccc1)c1ccccc12. The second kappa shape index (κ2) is 8.76. The first-order valence-electron chi connectivity index (χ1n) is 10.3. The van der Waals surface area contributed by atoms with Gasteiger partial charge in [0, 0.05) is 31.4 Å². The average Bonchev–Trinajstić information content (AvgIpc) is 3.09. The van der Waals surface area contributed by atoms with E-state index in [1.165, 1.54) is 16.7 Å². The fourth-order valence-electron chi connectivity index (χ4n) is 4.33. The van der Waals surface area contributed by atoms with Gasteiger partial charge >= 0.3 is 0 Å². The van der Waals surface area contributed by atoms with Gasteiger partial charge in [0.2, 0.25) is 0 Å². The van der Waals surface area contributed by atoms with Crippen molar-refractivity contribution in [3.05, 3.63) is 95.7 Å². The fraction of sp³-hybridized carbons (Fsp3) is 0.320. The molecule has 2 aromatic carbocycles. The van der Waals surface area contributed by atoms with Gasteiger partial charge in [-0.1, -0.05) is 67.3 Å². The quantitative estimate of drug-likeness (QED) is 0.585. The summed E-state index contributed by atoms with van der Waals surface area (Å²) in [4.78, 5) is 6.94. The van der Waals surface area contributed by atoms with Crippen molar-refractivity contribution in [1.29, 1.82) is 0 Å². The van der Waals surface area contributed by atoms with Crippen LogP contribution < -0.4 is 5.73 Å². The van der Waals surface area contributed by atoms with Crippen LogP contribution in [0, 0.1) is 0 Å². The number of nitrogens with two attached hydrogens (primary N) is 1. The third kappa shape index (κ3) is 4.19. The molecule has 2 aliphatic rings. The van der Waals surface area contributed by atoms with Gasteiger partial charge < -0.3 is 10.5 Å². The summed E-state index contributed by atoms with van der Waals surface area (Å²) in [6.45, 7) is 6.34. The molecule has 0 radical (unpaired) electrons. The molecule has 2 N–H and O–H groups in total. The van der Waals surface area contributed by atoms with E-state index in [1.54, 1.807) is 6.08 Å². The third-order valence-electron chi connectivity index (χ3n) is 5.95. The summed E-state index contributed by atoms with van der Waals surface area (Å²) in [5.74, 6) is 0. The van der Waals surface area contributed by atoms with Crippen molar-refractivity contribution in [2.24, 2.45) is 10.7 Å². The molecule has 4 nitrogen and oxygen atoms in total. The molecule has 0 aromatic heterocycles. The van der Waals surface area contributed by atoms with E-state index in [4.69, 9.17) is 10.5 Å². The summed E-state index contributed by atoms with van der Waals surface area (Å²) in [6, 6.07) is 19.3. The maximum Gasteiger partial charge on any atom is 0.109 e. The minimum absolute atomic E-state index is 0.0269. The zero-order chi connectivity index (χ0) is 20.1. The molecule has 2 aliphatic heterocycles. The maximum atomic E-state index is 6.78. The lowest BCUT2D eigenvalue weighted by atomic mass is 9.83. The van der Waals surface area contributed by atoms with Gasteiger partial charge in [0.15, 0.2) is 0 Å². The fourth-order valence-corrected chi connectivity index (χ4v) is 4.33. The van der Waals surface area contributed by atoms with Crippen LogP contribution in [-0.2, 0) is 10.3 Å². The Kier molecular flexibility index (Phi) is 5.93. The highest BCUT2D eigenvalue weighted by Gasteiger charge is 2.46. The minimum atomic E-state index is -0.182. The minimum Gasteiger partial charge on any atom is -0.399 e. The van der Waals surface area contributed by atoms with Gasteiger partial charge in [-0.3, -0.25) is 9.89 Å². The van der Waals surface area contributed by atoms with E-state index < -0.39 is 0 Å². The predicted molar refractivity (Wildman–Crippen MR) is 119 cm³/mol. The number of ether oxygens (including phenoxy) is 1. The normalized spacial score (nSPS) is 21.5. The highest BCUT2D eigenvalue weighted by Crippen LogP contribution is 2.51. The average molecular weight is 388 g/mol. The van der Waals surface area contributed by atoms with Crippen molar-refractivity contribution < 1.29 is 4.74 Å². The van der Waals surface area contributed by atoms with E-state index in [0.717, 1.165) is 39.0 Å². The van der Waals surface area contributed by atoms with Crippen LogP contribution in [0.15, 0.2) is 84.0 Å². The molecule has 0 aliphatic carbocycles. The van der Waals surface area contributed by atoms with Crippen LogP contribution in [0.1, 0.15) is 42.1 Å². The second-order valence-corrected chi connectivity index (χ2v) is 7.76. The van der Waals surface area contributed by atoms with Crippen molar-refractivity contribution >= 4 is 6.21 Å². The molecule has 4 rings (SSSR count). The summed E-state index contributed by atoms with van der Waals surface area (Å²) in [7, 11) is 0. The van der Waals surface area contributed by atoms with Crippen LogP contribution in [0.2, 0.25) is 0 Å². The van der Waals surface area contributed by atoms with Crippen molar-refractivity contribution in [2.75, 3.05) is 19.8 Å². The van der Waals surface area contributed by atoms with Crippen molar-refractivity contribution in [3.8, 4) is 0 Å². The van der Waals surface area contributed by atoms with E-state index in [2.05, 4.69) is 71.1 Å². The zero-order valence-electron chi connectivity index (χ0n) is 16.8. The number of hydrogen-bond acceptors (Lipinski definition) is 4. The van der Waals surface area contributed by atoms with Crippen LogP contribution in [0.4, 0.5) is 0 Å². The summed E-state index contributed by atoms with van der Waals surface area (Å²) < 4.78 is 6.78. The molecule has 0 amide bonds. The number of allylic oxidation sites excluding steroid dienone is 2. The molecule has 4 heteroatoms. The van der Waals surface area contributed by atoms with Crippen LogP contribution in [-0.4, -0.2) is 30.9 Å². The molecule has 29 heavy (non-hydrogen) atoms. The lowest BCUT2D eigenvalue weighted by molar-refractivity contribution is -0.0964. The summed E-state index contributed by atoms with van der Waals surface area (Å²) >= 11 is 0. The van der Waals surface area contributed by atoms with Gasteiger partial charge in [0.1, 0.15) is 6.10 Å². The number of nitrogens with zero attached hydrogens (tertiary/aromatic N) is 2. The van der Waals surface area contributed by atoms with E-state index >= 15 is 0 Å². The third-order valence-corrected chi connectivity index (χ3v) is 5.95. The van der Waals surface area contributed by atoms with E-state index in [0.29, 0.717) is 5.70 Å². The Hall–Kier alpha value is -2.69. The number of aliphatic imine (C=N–C) groups is 1. The van der Waals surface area contributed by atoms with Crippen molar-refractivity contribution in [1.82, 2.24) is 4.90 Å². The van der Waals surface area contributed by atoms with E-state index in [1.807, 2.05) is 12.3 Å². The topological polar surface area (TPSA) is 50.8 Å². The summed E-state index contributed by atoms with van der Waals surface area (Å²) in [6.07, 6.45) is 8.25. The van der Waals surface area contributed by atoms with Gasteiger partial charge in [-0.05, 0) is 35.6 Å². The Bertz CT molecular complexity index is 895. The smallest absolute Gasteiger partial charge is 0.109 e. The molecule has 1 fully saturated rings. The molecule has 2 aromatic rings. The molecule has 1 unspecified atom stereocenters. The number of likely N-dealkylation sites (tertiary alicyclic amines) is 1. The van der Waals surface area contributed by atoms with Crippen molar-refractivity contribution in [3.63, 3.8) is 0 Å². The molecule has 150 valence electrons. The van der Waals surface area contributed by atoms with Gasteiger partial charge in [0.05, 0.1) is 12.3 Å². The first-order chi connectivity index (χ1) is 14.2. The molecular formula is C25H29N3O. The number of piperidine rings is 1. The monoisotopic (exact) mass is 387 g/mol. The number of rotatable bonds is 6. The largest absolute Gasteiger partial charge is 0.399 e. The lowest BCUT2D eigenvalue weighted by Crippen LogP contribution is -2.42. The first kappa shape index (κ1) is 19.6. The molecule has 1 saturated heterocycles. The Morgan fingerprint density at radius 3 is 2.62 bits per heavy atom. The van der Waals surface area contributed by atoms with Gasteiger partial charge in [-0.15, -0.1) is 0 Å². The standard InChI is InChI=1S/C25H29N3O/c1-2-21(26)11-8-16-27-19-28-17-14-25(15-18-28)23-13-7-6-12-22(23)24(29-25)20-9-4-3-5-10-20/h2-7,9-13,16,24H,1,8,14-15,17-19,26H2/b21-11+,27-16-. The van der Waals surface area contributed by atoms with Crippen LogP contribution >= 0.6 is 0 Å². The summed E-state index contributed by atoms with van der Waals surface area (Å²) in [5.41, 5.74) is 10.1. The molecule has 1 atom stereocenters. The van der Waals surface area contributed by atoms with Crippen LogP contribution in [0.25, 0.3) is 0 Å². The predicted octanol–water partition coefficient (Wildman–Crippen LogP) is 4.54. The number of hydrogen-bond donors (Lipinski definition) is 1. The van der Waals surface area contributed by atoms with Gasteiger partial charge in [0.25, 0.3) is 0 Å². The van der Waals surface area contributed by atoms with Gasteiger partial charge in [-0.25, -0.2) is 0 Å². The summed E-state index contributed by atoms with van der Waals surface area (Å²) in [5, 5.41) is 0. The van der Waals surface area contributed by atoms with E-state index in [9.17, 15) is 0 Å². The Morgan fingerprint density at radius 1 is 1.14 bits per heavy atom. The Labute approximate surface area is 173 Å². The maximum absolute atomic E-state index is 6.78.